The Balaban J connectivity index is 1.74. The fraction of sp³-hybridized carbons (Fsp3) is 0.143. The molecule has 0 spiro atoms. The average Bonchev–Trinajstić information content (AvgIpc) is 2.89. The summed E-state index contributed by atoms with van der Waals surface area (Å²) in [5.74, 6) is 0.332. The summed E-state index contributed by atoms with van der Waals surface area (Å²) >= 11 is 0. The maximum atomic E-state index is 12.1. The quantitative estimate of drug-likeness (QED) is 0.754. The molecular weight excluding hydrogens is 288 g/mol. The van der Waals surface area contributed by atoms with Gasteiger partial charge in [-0.2, -0.15) is 5.10 Å². The summed E-state index contributed by atoms with van der Waals surface area (Å²) in [6.07, 6.45) is 3.73. The minimum absolute atomic E-state index is 0.00179. The van der Waals surface area contributed by atoms with Crippen LogP contribution in [0.1, 0.15) is 5.56 Å². The standard InChI is InChI=1S/C14H14N4O2S/c19-21(20,10-7-11-5-8-15-9-6-11)18-14-12-3-1-2-4-13(12)16-17-14/h1-6,8-9H,7,10H2,(H2,16,17,18). The first-order chi connectivity index (χ1) is 10.1. The summed E-state index contributed by atoms with van der Waals surface area (Å²) in [4.78, 5) is 3.91. The van der Waals surface area contributed by atoms with E-state index in [4.69, 9.17) is 0 Å². The van der Waals surface area contributed by atoms with Crippen LogP contribution in [0.5, 0.6) is 0 Å². The number of hydrogen-bond donors (Lipinski definition) is 2. The van der Waals surface area contributed by atoms with Gasteiger partial charge in [-0.15, -0.1) is 0 Å². The zero-order valence-corrected chi connectivity index (χ0v) is 12.0. The van der Waals surface area contributed by atoms with Crippen LogP contribution >= 0.6 is 0 Å². The molecule has 0 bridgehead atoms. The molecule has 0 aliphatic carbocycles. The van der Waals surface area contributed by atoms with Crippen molar-refractivity contribution >= 4 is 26.7 Å². The number of benzene rings is 1. The highest BCUT2D eigenvalue weighted by Crippen LogP contribution is 2.20. The molecule has 0 aliphatic rings. The Bertz CT molecular complexity index is 844. The van der Waals surface area contributed by atoms with Gasteiger partial charge in [-0.25, -0.2) is 8.42 Å². The van der Waals surface area contributed by atoms with Crippen molar-refractivity contribution in [3.8, 4) is 0 Å². The molecule has 6 nitrogen and oxygen atoms in total. The van der Waals surface area contributed by atoms with Crippen molar-refractivity contribution in [2.75, 3.05) is 10.5 Å². The van der Waals surface area contributed by atoms with Gasteiger partial charge in [-0.05, 0) is 36.2 Å². The van der Waals surface area contributed by atoms with E-state index in [9.17, 15) is 8.42 Å². The number of pyridine rings is 1. The molecule has 108 valence electrons. The van der Waals surface area contributed by atoms with Gasteiger partial charge in [0, 0.05) is 17.8 Å². The Labute approximate surface area is 122 Å². The van der Waals surface area contributed by atoms with Crippen molar-refractivity contribution in [3.05, 3.63) is 54.4 Å². The molecule has 0 saturated carbocycles. The van der Waals surface area contributed by atoms with Crippen LogP contribution in [-0.2, 0) is 16.4 Å². The maximum Gasteiger partial charge on any atom is 0.234 e. The van der Waals surface area contributed by atoms with E-state index in [1.807, 2.05) is 24.3 Å². The fourth-order valence-electron chi connectivity index (χ4n) is 2.04. The summed E-state index contributed by atoms with van der Waals surface area (Å²) in [6, 6.07) is 11.0. The Morgan fingerprint density at radius 3 is 2.67 bits per heavy atom. The number of aryl methyl sites for hydroxylation is 1. The molecule has 0 atom stereocenters. The van der Waals surface area contributed by atoms with Crippen LogP contribution in [0.2, 0.25) is 0 Å². The van der Waals surface area contributed by atoms with E-state index < -0.39 is 10.0 Å². The number of rotatable bonds is 5. The topological polar surface area (TPSA) is 87.7 Å². The van der Waals surface area contributed by atoms with E-state index in [1.165, 1.54) is 0 Å². The molecule has 0 aliphatic heterocycles. The number of para-hydroxylation sites is 1. The monoisotopic (exact) mass is 302 g/mol. The van der Waals surface area contributed by atoms with Crippen LogP contribution in [0.3, 0.4) is 0 Å². The van der Waals surface area contributed by atoms with E-state index in [1.54, 1.807) is 24.5 Å². The van der Waals surface area contributed by atoms with E-state index >= 15 is 0 Å². The molecule has 0 radical (unpaired) electrons. The van der Waals surface area contributed by atoms with Crippen LogP contribution in [0, 0.1) is 0 Å². The zero-order chi connectivity index (χ0) is 14.7. The molecule has 1 aromatic carbocycles. The average molecular weight is 302 g/mol. The Morgan fingerprint density at radius 1 is 1.10 bits per heavy atom. The second-order valence-corrected chi connectivity index (χ2v) is 6.49. The van der Waals surface area contributed by atoms with Gasteiger partial charge in [0.15, 0.2) is 5.82 Å². The first-order valence-corrected chi connectivity index (χ1v) is 8.12. The van der Waals surface area contributed by atoms with E-state index in [0.29, 0.717) is 12.2 Å². The molecule has 0 saturated heterocycles. The van der Waals surface area contributed by atoms with Crippen LogP contribution in [0.4, 0.5) is 5.82 Å². The van der Waals surface area contributed by atoms with E-state index in [2.05, 4.69) is 19.9 Å². The molecule has 3 aromatic rings. The van der Waals surface area contributed by atoms with Crippen molar-refractivity contribution in [1.82, 2.24) is 15.2 Å². The van der Waals surface area contributed by atoms with Crippen LogP contribution in [0.15, 0.2) is 48.8 Å². The molecule has 2 N–H and O–H groups in total. The number of fused-ring (bicyclic) bond motifs is 1. The highest BCUT2D eigenvalue weighted by Gasteiger charge is 2.14. The lowest BCUT2D eigenvalue weighted by molar-refractivity contribution is 0.600. The van der Waals surface area contributed by atoms with Crippen molar-refractivity contribution in [1.29, 1.82) is 0 Å². The molecule has 0 amide bonds. The van der Waals surface area contributed by atoms with Gasteiger partial charge < -0.3 is 0 Å². The summed E-state index contributed by atoms with van der Waals surface area (Å²) in [5, 5.41) is 7.56. The van der Waals surface area contributed by atoms with E-state index in [0.717, 1.165) is 16.5 Å². The van der Waals surface area contributed by atoms with Gasteiger partial charge in [-0.3, -0.25) is 14.8 Å². The third-order valence-corrected chi connectivity index (χ3v) is 4.38. The van der Waals surface area contributed by atoms with Gasteiger partial charge in [0.25, 0.3) is 0 Å². The third-order valence-electron chi connectivity index (χ3n) is 3.13. The van der Waals surface area contributed by atoms with E-state index in [-0.39, 0.29) is 5.75 Å². The van der Waals surface area contributed by atoms with Gasteiger partial charge >= 0.3 is 0 Å². The van der Waals surface area contributed by atoms with Gasteiger partial charge in [0.05, 0.1) is 11.3 Å². The number of aromatic amines is 1. The smallest absolute Gasteiger partial charge is 0.234 e. The number of hydrogen-bond acceptors (Lipinski definition) is 4. The lowest BCUT2D eigenvalue weighted by Gasteiger charge is -2.05. The zero-order valence-electron chi connectivity index (χ0n) is 11.2. The number of nitrogens with zero attached hydrogens (tertiary/aromatic N) is 2. The van der Waals surface area contributed by atoms with Gasteiger partial charge in [-0.1, -0.05) is 12.1 Å². The Hall–Kier alpha value is -2.41. The molecule has 21 heavy (non-hydrogen) atoms. The maximum absolute atomic E-state index is 12.1. The first-order valence-electron chi connectivity index (χ1n) is 6.46. The summed E-state index contributed by atoms with van der Waals surface area (Å²) in [6.45, 7) is 0. The predicted molar refractivity (Wildman–Crippen MR) is 81.4 cm³/mol. The molecule has 2 heterocycles. The molecule has 2 aromatic heterocycles. The normalized spacial score (nSPS) is 11.6. The Morgan fingerprint density at radius 2 is 1.86 bits per heavy atom. The molecule has 0 fully saturated rings. The number of nitrogens with one attached hydrogen (secondary N) is 2. The van der Waals surface area contributed by atoms with Crippen molar-refractivity contribution < 1.29 is 8.42 Å². The highest BCUT2D eigenvalue weighted by atomic mass is 32.2. The van der Waals surface area contributed by atoms with Crippen molar-refractivity contribution in [2.24, 2.45) is 0 Å². The number of aromatic nitrogens is 3. The van der Waals surface area contributed by atoms with Crippen molar-refractivity contribution in [3.63, 3.8) is 0 Å². The summed E-state index contributed by atoms with van der Waals surface area (Å²) < 4.78 is 26.8. The van der Waals surface area contributed by atoms with Crippen LogP contribution in [0.25, 0.3) is 10.9 Å². The second-order valence-electron chi connectivity index (χ2n) is 4.64. The number of H-pyrrole nitrogens is 1. The lowest BCUT2D eigenvalue weighted by atomic mass is 10.2. The van der Waals surface area contributed by atoms with Gasteiger partial charge in [0.1, 0.15) is 0 Å². The summed E-state index contributed by atoms with van der Waals surface area (Å²) in [5.41, 5.74) is 1.73. The Kier molecular flexibility index (Phi) is 3.57. The first kappa shape index (κ1) is 13.6. The van der Waals surface area contributed by atoms with Crippen LogP contribution < -0.4 is 4.72 Å². The van der Waals surface area contributed by atoms with Crippen LogP contribution in [-0.4, -0.2) is 29.4 Å². The predicted octanol–water partition coefficient (Wildman–Crippen LogP) is 1.94. The third kappa shape index (κ3) is 3.19. The fourth-order valence-corrected chi connectivity index (χ4v) is 3.10. The highest BCUT2D eigenvalue weighted by molar-refractivity contribution is 7.92. The number of sulfonamides is 1. The molecular formula is C14H14N4O2S. The largest absolute Gasteiger partial charge is 0.276 e. The minimum Gasteiger partial charge on any atom is -0.276 e. The van der Waals surface area contributed by atoms with Crippen molar-refractivity contribution in [2.45, 2.75) is 6.42 Å². The second kappa shape index (κ2) is 5.53. The molecule has 3 rings (SSSR count). The molecule has 0 unspecified atom stereocenters. The van der Waals surface area contributed by atoms with Gasteiger partial charge in [0.2, 0.25) is 10.0 Å². The lowest BCUT2D eigenvalue weighted by Crippen LogP contribution is -2.18. The number of anilines is 1. The SMILES string of the molecule is O=S(=O)(CCc1ccncc1)Nc1n[nH]c2ccccc12. The molecule has 7 heteroatoms. The summed E-state index contributed by atoms with van der Waals surface area (Å²) in [7, 11) is -3.45. The minimum atomic E-state index is -3.45.